The van der Waals surface area contributed by atoms with Crippen LogP contribution in [0, 0.1) is 5.41 Å². The summed E-state index contributed by atoms with van der Waals surface area (Å²) in [6.07, 6.45) is -0.0539. The Morgan fingerprint density at radius 1 is 1.23 bits per heavy atom. The number of halogens is 3. The van der Waals surface area contributed by atoms with E-state index in [0.29, 0.717) is 0 Å². The van der Waals surface area contributed by atoms with Crippen molar-refractivity contribution in [2.75, 3.05) is 13.2 Å². The highest BCUT2D eigenvalue weighted by Crippen LogP contribution is 2.38. The predicted octanol–water partition coefficient (Wildman–Crippen LogP) is 4.54. The highest BCUT2D eigenvalue weighted by Gasteiger charge is 2.37. The van der Waals surface area contributed by atoms with Crippen molar-refractivity contribution >= 4 is 5.91 Å². The third kappa shape index (κ3) is 5.81. The molecule has 1 aromatic carbocycles. The molecule has 0 saturated carbocycles. The highest BCUT2D eigenvalue weighted by atomic mass is 19.4. The number of nitrogens with one attached hydrogen (secondary N) is 3. The Balaban J connectivity index is 1.60. The van der Waals surface area contributed by atoms with Gasteiger partial charge in [-0.3, -0.25) is 9.89 Å². The number of nitrogens with zero attached hydrogens (tertiary/aromatic N) is 1. The molecule has 2 fully saturated rings. The van der Waals surface area contributed by atoms with Gasteiger partial charge in [0.25, 0.3) is 5.91 Å². The summed E-state index contributed by atoms with van der Waals surface area (Å²) in [5, 5.41) is 8.87. The number of aromatic amines is 2. The fourth-order valence-electron chi connectivity index (χ4n) is 4.47. The second-order valence-corrected chi connectivity index (χ2v) is 10.5. The lowest BCUT2D eigenvalue weighted by molar-refractivity contribution is -0.137. The Bertz CT molecular complexity index is 1110. The maximum atomic E-state index is 13.4. The van der Waals surface area contributed by atoms with Crippen molar-refractivity contribution in [2.45, 2.75) is 77.3 Å². The molecule has 192 valence electrons. The highest BCUT2D eigenvalue weighted by molar-refractivity contribution is 5.97. The van der Waals surface area contributed by atoms with Crippen LogP contribution in [-0.2, 0) is 10.9 Å². The van der Waals surface area contributed by atoms with E-state index in [1.54, 1.807) is 6.20 Å². The van der Waals surface area contributed by atoms with Crippen LogP contribution in [0.2, 0.25) is 0 Å². The first kappa shape index (κ1) is 25.5. The zero-order valence-electron chi connectivity index (χ0n) is 20.5. The van der Waals surface area contributed by atoms with Crippen LogP contribution in [0.5, 0.6) is 5.75 Å². The molecule has 1 aromatic heterocycles. The standard InChI is InChI=1S/C25H33F3N4O3/c1-14(19-7-8-21(35-19)24(2,3)4)18-12-30-32-22(18)31-23(33)17-11-15(25(26,27)28)5-6-20(17)34-13-16-9-10-29-16/h5-6,11-12,14,16,19,21,29H,7-10,13H2,1-4H3,(H2,30,31,32,33)/t14?,16?,19-,21?/m1/s1. The van der Waals surface area contributed by atoms with E-state index in [1.165, 1.54) is 6.07 Å². The van der Waals surface area contributed by atoms with Gasteiger partial charge < -0.3 is 19.9 Å². The fraction of sp³-hybridized carbons (Fsp3) is 0.600. The quantitative estimate of drug-likeness (QED) is 0.550. The zero-order chi connectivity index (χ0) is 25.4. The van der Waals surface area contributed by atoms with Crippen LogP contribution in [0.25, 0.3) is 0 Å². The maximum absolute atomic E-state index is 13.4. The number of hydrogen-bond donors (Lipinski definition) is 3. The van der Waals surface area contributed by atoms with Gasteiger partial charge in [0.1, 0.15) is 12.4 Å². The molecule has 2 aliphatic heterocycles. The smallest absolute Gasteiger partial charge is 0.416 e. The summed E-state index contributed by atoms with van der Waals surface area (Å²) in [4.78, 5) is 17.3. The van der Waals surface area contributed by atoms with Crippen LogP contribution in [0.4, 0.5) is 13.2 Å². The van der Waals surface area contributed by atoms with Crippen LogP contribution in [0.15, 0.2) is 29.4 Å². The van der Waals surface area contributed by atoms with Gasteiger partial charge in [-0.15, -0.1) is 0 Å². The summed E-state index contributed by atoms with van der Waals surface area (Å²) in [5.41, 5.74) is -0.112. The number of amides is 1. The van der Waals surface area contributed by atoms with Crippen molar-refractivity contribution in [3.63, 3.8) is 0 Å². The van der Waals surface area contributed by atoms with Crippen molar-refractivity contribution in [3.8, 4) is 5.75 Å². The molecular formula is C25H33F3N4O3. The molecule has 0 radical (unpaired) electrons. The number of H-pyrrole nitrogens is 2. The van der Waals surface area contributed by atoms with E-state index in [9.17, 15) is 18.0 Å². The van der Waals surface area contributed by atoms with Crippen LogP contribution in [0.3, 0.4) is 0 Å². The molecule has 3 heterocycles. The van der Waals surface area contributed by atoms with E-state index < -0.39 is 17.6 Å². The van der Waals surface area contributed by atoms with E-state index in [4.69, 9.17) is 9.47 Å². The minimum Gasteiger partial charge on any atom is -0.491 e. The molecule has 4 atom stereocenters. The molecule has 3 N–H and O–H groups in total. The number of aromatic nitrogens is 2. The van der Waals surface area contributed by atoms with E-state index in [0.717, 1.165) is 43.5 Å². The molecule has 3 unspecified atom stereocenters. The minimum absolute atomic E-state index is 0.0246. The fourth-order valence-corrected chi connectivity index (χ4v) is 4.47. The summed E-state index contributed by atoms with van der Waals surface area (Å²) in [5.74, 6) is -0.798. The number of ether oxygens (including phenoxy) is 2. The van der Waals surface area contributed by atoms with Crippen molar-refractivity contribution in [1.29, 1.82) is 0 Å². The molecule has 7 nitrogen and oxygen atoms in total. The Kier molecular flexibility index (Phi) is 7.15. The topological polar surface area (TPSA) is 91.5 Å². The summed E-state index contributed by atoms with van der Waals surface area (Å²) in [6, 6.07) is 3.03. The summed E-state index contributed by atoms with van der Waals surface area (Å²) < 4.78 is 52.1. The molecule has 2 saturated heterocycles. The van der Waals surface area contributed by atoms with Gasteiger partial charge >= 0.3 is 6.18 Å². The lowest BCUT2D eigenvalue weighted by Gasteiger charge is -2.28. The van der Waals surface area contributed by atoms with Crippen molar-refractivity contribution < 1.29 is 27.4 Å². The van der Waals surface area contributed by atoms with Gasteiger partial charge in [-0.05, 0) is 49.4 Å². The first-order valence-electron chi connectivity index (χ1n) is 12.0. The maximum Gasteiger partial charge on any atom is 0.416 e. The zero-order valence-corrected chi connectivity index (χ0v) is 20.5. The lowest BCUT2D eigenvalue weighted by atomic mass is 9.87. The van der Waals surface area contributed by atoms with Crippen molar-refractivity contribution in [2.24, 2.45) is 10.4 Å². The van der Waals surface area contributed by atoms with Gasteiger partial charge in [0.15, 0.2) is 5.49 Å². The van der Waals surface area contributed by atoms with Gasteiger partial charge in [-0.1, -0.05) is 27.7 Å². The summed E-state index contributed by atoms with van der Waals surface area (Å²) >= 11 is 0. The minimum atomic E-state index is -4.59. The molecule has 0 spiro atoms. The molecular weight excluding hydrogens is 461 g/mol. The Labute approximate surface area is 202 Å². The first-order chi connectivity index (χ1) is 16.4. The third-order valence-corrected chi connectivity index (χ3v) is 6.87. The normalized spacial score (nSPS) is 24.3. The lowest BCUT2D eigenvalue weighted by Crippen LogP contribution is -2.46. The van der Waals surface area contributed by atoms with E-state index in [2.05, 4.69) is 41.3 Å². The van der Waals surface area contributed by atoms with Gasteiger partial charge in [0.2, 0.25) is 0 Å². The van der Waals surface area contributed by atoms with E-state index in [-0.39, 0.29) is 53.0 Å². The molecule has 1 amide bonds. The van der Waals surface area contributed by atoms with Crippen LogP contribution >= 0.6 is 0 Å². The average molecular weight is 495 g/mol. The number of hydrogen-bond acceptors (Lipinski definition) is 4. The molecule has 2 aromatic rings. The number of carbonyl (C=O) groups excluding carboxylic acids is 1. The molecule has 0 bridgehead atoms. The van der Waals surface area contributed by atoms with Crippen LogP contribution in [-0.4, -0.2) is 47.5 Å². The predicted molar refractivity (Wildman–Crippen MR) is 124 cm³/mol. The second-order valence-electron chi connectivity index (χ2n) is 10.5. The van der Waals surface area contributed by atoms with E-state index >= 15 is 0 Å². The summed E-state index contributed by atoms with van der Waals surface area (Å²) in [6.45, 7) is 9.56. The average Bonchev–Trinajstić information content (AvgIpc) is 3.41. The SMILES string of the molecule is CC(c1c[nH][nH]/c1=N/C(=O)c1cc(C(F)(F)F)ccc1OCC1CCN1)[C@H]1CCC(C(C)(C)C)O1. The molecule has 10 heteroatoms. The third-order valence-electron chi connectivity index (χ3n) is 6.87. The molecule has 2 aliphatic rings. The number of benzene rings is 1. The Morgan fingerprint density at radius 3 is 2.57 bits per heavy atom. The van der Waals surface area contributed by atoms with E-state index in [1.807, 2.05) is 6.92 Å². The van der Waals surface area contributed by atoms with Gasteiger partial charge in [0.05, 0.1) is 23.3 Å². The molecule has 0 aliphatic carbocycles. The van der Waals surface area contributed by atoms with Crippen LogP contribution in [0.1, 0.15) is 74.4 Å². The molecule has 4 rings (SSSR count). The monoisotopic (exact) mass is 494 g/mol. The van der Waals surface area contributed by atoms with Crippen molar-refractivity contribution in [3.05, 3.63) is 46.6 Å². The first-order valence-corrected chi connectivity index (χ1v) is 12.0. The Morgan fingerprint density at radius 2 is 1.97 bits per heavy atom. The van der Waals surface area contributed by atoms with Gasteiger partial charge in [-0.2, -0.15) is 18.2 Å². The van der Waals surface area contributed by atoms with Gasteiger partial charge in [0, 0.05) is 23.7 Å². The molecule has 35 heavy (non-hydrogen) atoms. The van der Waals surface area contributed by atoms with Crippen molar-refractivity contribution in [1.82, 2.24) is 15.5 Å². The largest absolute Gasteiger partial charge is 0.491 e. The Hall–Kier alpha value is -2.59. The second kappa shape index (κ2) is 9.81. The van der Waals surface area contributed by atoms with Gasteiger partial charge in [-0.25, -0.2) is 0 Å². The number of rotatable bonds is 6. The number of alkyl halides is 3. The summed E-state index contributed by atoms with van der Waals surface area (Å²) in [7, 11) is 0. The van der Waals surface area contributed by atoms with Crippen LogP contribution < -0.4 is 15.5 Å². The number of carbonyl (C=O) groups is 1.